The minimum Gasteiger partial charge on any atom is -0.476 e. The molecule has 0 aliphatic carbocycles. The first-order valence-electron chi connectivity index (χ1n) is 6.88. The highest BCUT2D eigenvalue weighted by Crippen LogP contribution is 2.31. The third-order valence-electron chi connectivity index (χ3n) is 3.13. The zero-order chi connectivity index (χ0) is 19.1. The van der Waals surface area contributed by atoms with Crippen LogP contribution in [0.3, 0.4) is 0 Å². The van der Waals surface area contributed by atoms with Gasteiger partial charge < -0.3 is 5.11 Å². The lowest BCUT2D eigenvalue weighted by Crippen LogP contribution is -2.19. The molecule has 0 bridgehead atoms. The first kappa shape index (κ1) is 18.1. The van der Waals surface area contributed by atoms with E-state index >= 15 is 0 Å². The zero-order valence-corrected chi connectivity index (χ0v) is 14.1. The van der Waals surface area contributed by atoms with Crippen molar-refractivity contribution in [2.24, 2.45) is 0 Å². The van der Waals surface area contributed by atoms with Gasteiger partial charge in [-0.3, -0.25) is 10.1 Å². The van der Waals surface area contributed by atoms with Crippen molar-refractivity contribution in [2.75, 3.05) is 5.32 Å². The van der Waals surface area contributed by atoms with E-state index in [0.29, 0.717) is 9.70 Å². The molecule has 2 N–H and O–H groups in total. The van der Waals surface area contributed by atoms with E-state index in [9.17, 15) is 22.8 Å². The predicted octanol–water partition coefficient (Wildman–Crippen LogP) is 3.66. The van der Waals surface area contributed by atoms with Crippen LogP contribution in [0.25, 0.3) is 10.3 Å². The third-order valence-corrected chi connectivity index (χ3v) is 4.33. The number of halogens is 4. The van der Waals surface area contributed by atoms with Gasteiger partial charge in [0, 0.05) is 10.6 Å². The highest BCUT2D eigenvalue weighted by atomic mass is 35.5. The van der Waals surface area contributed by atoms with Crippen LogP contribution in [0.4, 0.5) is 18.3 Å². The maximum Gasteiger partial charge on any atom is 0.408 e. The van der Waals surface area contributed by atoms with Crippen molar-refractivity contribution in [3.63, 3.8) is 0 Å². The molecule has 2 heterocycles. The van der Waals surface area contributed by atoms with Gasteiger partial charge >= 0.3 is 12.1 Å². The summed E-state index contributed by atoms with van der Waals surface area (Å²) in [5.41, 5.74) is -0.622. The van der Waals surface area contributed by atoms with Crippen LogP contribution >= 0.6 is 22.9 Å². The molecule has 3 rings (SSSR count). The molecule has 1 amide bonds. The molecule has 0 saturated carbocycles. The Hall–Kier alpha value is -2.66. The average Bonchev–Trinajstić information content (AvgIpc) is 3.05. The molecule has 7 nitrogen and oxygen atoms in total. The number of carbonyl (C=O) groups is 2. The number of nitrogens with zero attached hydrogens (tertiary/aromatic N) is 3. The predicted molar refractivity (Wildman–Crippen MR) is 87.8 cm³/mol. The largest absolute Gasteiger partial charge is 0.476 e. The first-order chi connectivity index (χ1) is 12.1. The lowest BCUT2D eigenvalue weighted by atomic mass is 10.2. The molecule has 0 fully saturated rings. The summed E-state index contributed by atoms with van der Waals surface area (Å²) >= 11 is 6.52. The van der Waals surface area contributed by atoms with Crippen LogP contribution in [0.2, 0.25) is 5.02 Å². The minimum atomic E-state index is -4.61. The Balaban J connectivity index is 1.96. The van der Waals surface area contributed by atoms with Gasteiger partial charge in [-0.15, -0.1) is 0 Å². The number of benzene rings is 1. The van der Waals surface area contributed by atoms with Gasteiger partial charge in [-0.1, -0.05) is 29.0 Å². The Morgan fingerprint density at radius 2 is 2.08 bits per heavy atom. The van der Waals surface area contributed by atoms with Crippen LogP contribution in [0.15, 0.2) is 24.3 Å². The quantitative estimate of drug-likeness (QED) is 0.691. The van der Waals surface area contributed by atoms with Gasteiger partial charge in [-0.25, -0.2) is 9.48 Å². The number of nitrogens with one attached hydrogen (secondary N) is 1. The van der Waals surface area contributed by atoms with Gasteiger partial charge in [0.25, 0.3) is 5.91 Å². The lowest BCUT2D eigenvalue weighted by molar-refractivity contribution is -0.142. The van der Waals surface area contributed by atoms with Crippen LogP contribution in [-0.2, 0) is 6.54 Å². The fraction of sp³-hybridized carbons (Fsp3) is 0.143. The topological polar surface area (TPSA) is 97.1 Å². The molecular formula is C14H8ClF3N4O3S. The highest BCUT2D eigenvalue weighted by molar-refractivity contribution is 7.22. The van der Waals surface area contributed by atoms with Crippen LogP contribution in [0.5, 0.6) is 0 Å². The summed E-state index contributed by atoms with van der Waals surface area (Å²) in [5, 5.41) is 15.2. The Labute approximate surface area is 152 Å². The number of thiazole rings is 1. The number of anilines is 1. The van der Waals surface area contributed by atoms with Crippen molar-refractivity contribution < 1.29 is 27.9 Å². The fourth-order valence-electron chi connectivity index (χ4n) is 2.13. The van der Waals surface area contributed by atoms with E-state index < -0.39 is 30.3 Å². The van der Waals surface area contributed by atoms with E-state index in [0.717, 1.165) is 11.3 Å². The van der Waals surface area contributed by atoms with E-state index in [4.69, 9.17) is 16.7 Å². The lowest BCUT2D eigenvalue weighted by Gasteiger charge is -2.06. The second-order valence-corrected chi connectivity index (χ2v) is 6.50. The van der Waals surface area contributed by atoms with E-state index in [1.54, 1.807) is 12.1 Å². The SMILES string of the molecule is O=C(Nc1nc2c(s1)c(C(=O)O)nn2CC(F)(F)F)c1cccc(Cl)c1. The second-order valence-electron chi connectivity index (χ2n) is 5.06. The normalized spacial score (nSPS) is 11.7. The number of hydrogen-bond acceptors (Lipinski definition) is 5. The van der Waals surface area contributed by atoms with Crippen molar-refractivity contribution in [2.45, 2.75) is 12.7 Å². The van der Waals surface area contributed by atoms with Gasteiger partial charge in [0.05, 0.1) is 0 Å². The third kappa shape index (κ3) is 3.78. The van der Waals surface area contributed by atoms with Crippen molar-refractivity contribution in [1.82, 2.24) is 14.8 Å². The van der Waals surface area contributed by atoms with E-state index in [1.165, 1.54) is 12.1 Å². The summed E-state index contributed by atoms with van der Waals surface area (Å²) in [7, 11) is 0. The molecule has 3 aromatic rings. The molecular weight excluding hydrogens is 397 g/mol. The van der Waals surface area contributed by atoms with Gasteiger partial charge in [0.1, 0.15) is 11.2 Å². The smallest absolute Gasteiger partial charge is 0.408 e. The van der Waals surface area contributed by atoms with Gasteiger partial charge in [0.2, 0.25) is 0 Å². The summed E-state index contributed by atoms with van der Waals surface area (Å²) in [5.74, 6) is -2.08. The number of hydrogen-bond donors (Lipinski definition) is 2. The molecule has 0 aliphatic rings. The zero-order valence-electron chi connectivity index (χ0n) is 12.5. The first-order valence-corrected chi connectivity index (χ1v) is 8.08. The number of carbonyl (C=O) groups excluding carboxylic acids is 1. The van der Waals surface area contributed by atoms with E-state index in [1.807, 2.05) is 0 Å². The van der Waals surface area contributed by atoms with E-state index in [-0.39, 0.29) is 21.0 Å². The molecule has 0 aliphatic heterocycles. The number of fused-ring (bicyclic) bond motifs is 1. The number of rotatable bonds is 4. The van der Waals surface area contributed by atoms with Crippen LogP contribution in [-0.4, -0.2) is 37.9 Å². The number of aromatic nitrogens is 3. The maximum absolute atomic E-state index is 12.6. The highest BCUT2D eigenvalue weighted by Gasteiger charge is 2.32. The monoisotopic (exact) mass is 404 g/mol. The molecule has 2 aromatic heterocycles. The summed E-state index contributed by atoms with van der Waals surface area (Å²) in [6, 6.07) is 6.01. The summed E-state index contributed by atoms with van der Waals surface area (Å²) in [4.78, 5) is 27.3. The maximum atomic E-state index is 12.6. The molecule has 26 heavy (non-hydrogen) atoms. The van der Waals surface area contributed by atoms with E-state index in [2.05, 4.69) is 15.4 Å². The van der Waals surface area contributed by atoms with Crippen LogP contribution in [0.1, 0.15) is 20.8 Å². The molecule has 0 radical (unpaired) electrons. The Morgan fingerprint density at radius 1 is 1.35 bits per heavy atom. The second kappa shape index (κ2) is 6.57. The Bertz CT molecular complexity index is 1010. The molecule has 0 saturated heterocycles. The number of carboxylic acid groups (broad SMARTS) is 1. The summed E-state index contributed by atoms with van der Waals surface area (Å²) in [6.45, 7) is -1.50. The van der Waals surface area contributed by atoms with Crippen molar-refractivity contribution >= 4 is 50.3 Å². The molecule has 12 heteroatoms. The van der Waals surface area contributed by atoms with Gasteiger partial charge in [-0.05, 0) is 18.2 Å². The summed E-state index contributed by atoms with van der Waals surface area (Å²) in [6.07, 6.45) is -4.61. The van der Waals surface area contributed by atoms with Crippen LogP contribution in [0, 0.1) is 0 Å². The Morgan fingerprint density at radius 3 is 2.69 bits per heavy atom. The molecule has 136 valence electrons. The minimum absolute atomic E-state index is 0.0548. The van der Waals surface area contributed by atoms with Crippen molar-refractivity contribution in [3.05, 3.63) is 40.5 Å². The van der Waals surface area contributed by atoms with Crippen molar-refractivity contribution in [1.29, 1.82) is 0 Å². The van der Waals surface area contributed by atoms with Crippen molar-refractivity contribution in [3.8, 4) is 0 Å². The molecule has 0 atom stereocenters. The number of alkyl halides is 3. The fourth-order valence-corrected chi connectivity index (χ4v) is 3.25. The standard InChI is InChI=1S/C14H8ClF3N4O3S/c15-7-3-1-2-6(4-7)11(23)20-13-19-10-9(26-13)8(12(24)25)21-22(10)5-14(16,17)18/h1-4H,5H2,(H,24,25)(H,19,20,23). The van der Waals surface area contributed by atoms with Gasteiger partial charge in [-0.2, -0.15) is 23.3 Å². The number of aromatic carboxylic acids is 1. The number of carboxylic acids is 1. The average molecular weight is 405 g/mol. The van der Waals surface area contributed by atoms with Gasteiger partial charge in [0.15, 0.2) is 16.5 Å². The Kier molecular flexibility index (Phi) is 4.59. The molecule has 0 unspecified atom stereocenters. The molecule has 1 aromatic carbocycles. The van der Waals surface area contributed by atoms with Crippen LogP contribution < -0.4 is 5.32 Å². The summed E-state index contributed by atoms with van der Waals surface area (Å²) < 4.78 is 38.3. The number of amides is 1. The molecule has 0 spiro atoms.